The number of fused-ring (bicyclic) bond motifs is 1. The molecule has 0 aliphatic carbocycles. The minimum atomic E-state index is -0.114. The van der Waals surface area contributed by atoms with Gasteiger partial charge in [0.25, 0.3) is 5.91 Å². The third kappa shape index (κ3) is 5.12. The Labute approximate surface area is 199 Å². The fourth-order valence-corrected chi connectivity index (χ4v) is 3.96. The number of hydrogen-bond donors (Lipinski definition) is 1. The lowest BCUT2D eigenvalue weighted by atomic mass is 10.1. The van der Waals surface area contributed by atoms with Gasteiger partial charge in [-0.05, 0) is 54.8 Å². The van der Waals surface area contributed by atoms with Gasteiger partial charge in [-0.3, -0.25) is 4.79 Å². The molecule has 0 bridgehead atoms. The smallest absolute Gasteiger partial charge is 0.251 e. The van der Waals surface area contributed by atoms with Crippen LogP contribution in [-0.4, -0.2) is 29.2 Å². The molecule has 1 aromatic heterocycles. The molecule has 34 heavy (non-hydrogen) atoms. The Balaban J connectivity index is 1.49. The molecule has 4 rings (SSSR count). The Morgan fingerprint density at radius 2 is 1.88 bits per heavy atom. The maximum atomic E-state index is 12.7. The van der Waals surface area contributed by atoms with E-state index in [1.807, 2.05) is 79.7 Å². The third-order valence-corrected chi connectivity index (χ3v) is 5.71. The van der Waals surface area contributed by atoms with Crippen molar-refractivity contribution >= 4 is 16.9 Å². The molecule has 0 aliphatic heterocycles. The van der Waals surface area contributed by atoms with E-state index in [0.717, 1.165) is 34.4 Å². The van der Waals surface area contributed by atoms with Gasteiger partial charge in [0.1, 0.15) is 12.4 Å². The summed E-state index contributed by atoms with van der Waals surface area (Å²) in [7, 11) is 1.64. The molecule has 0 unspecified atom stereocenters. The number of nitrogens with one attached hydrogen (secondary N) is 1. The zero-order valence-electron chi connectivity index (χ0n) is 19.6. The number of allylic oxidation sites excluding steroid dienone is 1. The van der Waals surface area contributed by atoms with Crippen molar-refractivity contribution in [3.63, 3.8) is 0 Å². The highest BCUT2D eigenvalue weighted by Gasteiger charge is 2.14. The molecule has 0 fully saturated rings. The van der Waals surface area contributed by atoms with Gasteiger partial charge in [-0.25, -0.2) is 4.98 Å². The second-order valence-electron chi connectivity index (χ2n) is 7.99. The van der Waals surface area contributed by atoms with Crippen molar-refractivity contribution < 1.29 is 14.3 Å². The van der Waals surface area contributed by atoms with Gasteiger partial charge < -0.3 is 19.4 Å². The Morgan fingerprint density at radius 3 is 2.68 bits per heavy atom. The summed E-state index contributed by atoms with van der Waals surface area (Å²) < 4.78 is 13.7. The van der Waals surface area contributed by atoms with E-state index >= 15 is 0 Å². The molecule has 0 saturated carbocycles. The SMILES string of the molecule is C=CCc1ccc(OCCn2c(CNC(=O)c3ccccc3C)nc3ccccc32)c(OC)c1. The number of ether oxygens (including phenoxy) is 2. The summed E-state index contributed by atoms with van der Waals surface area (Å²) >= 11 is 0. The number of para-hydroxylation sites is 2. The standard InChI is InChI=1S/C28H29N3O3/c1-4-9-21-14-15-25(26(18-21)33-3)34-17-16-31-24-13-8-7-12-23(24)30-27(31)19-29-28(32)22-11-6-5-10-20(22)2/h4-8,10-15,18H,1,9,16-17,19H2,2-3H3,(H,29,32). The molecule has 1 amide bonds. The Morgan fingerprint density at radius 1 is 1.09 bits per heavy atom. The summed E-state index contributed by atoms with van der Waals surface area (Å²) in [5.74, 6) is 2.05. The van der Waals surface area contributed by atoms with Gasteiger partial charge in [-0.15, -0.1) is 6.58 Å². The van der Waals surface area contributed by atoms with Crippen molar-refractivity contribution in [3.05, 3.63) is 102 Å². The van der Waals surface area contributed by atoms with Gasteiger partial charge in [0.05, 0.1) is 31.2 Å². The van der Waals surface area contributed by atoms with Crippen LogP contribution in [0.1, 0.15) is 27.3 Å². The summed E-state index contributed by atoms with van der Waals surface area (Å²) in [6.07, 6.45) is 2.63. The monoisotopic (exact) mass is 455 g/mol. The molecule has 1 N–H and O–H groups in total. The number of benzene rings is 3. The van der Waals surface area contributed by atoms with Crippen LogP contribution in [0.4, 0.5) is 0 Å². The van der Waals surface area contributed by atoms with E-state index < -0.39 is 0 Å². The molecule has 0 saturated heterocycles. The number of methoxy groups -OCH3 is 1. The number of aryl methyl sites for hydroxylation is 1. The van der Waals surface area contributed by atoms with Crippen molar-refractivity contribution in [2.24, 2.45) is 0 Å². The summed E-state index contributed by atoms with van der Waals surface area (Å²) in [4.78, 5) is 17.5. The number of imidazole rings is 1. The summed E-state index contributed by atoms with van der Waals surface area (Å²) in [5.41, 5.74) is 4.61. The minimum Gasteiger partial charge on any atom is -0.493 e. The third-order valence-electron chi connectivity index (χ3n) is 5.71. The fraction of sp³-hybridized carbons (Fsp3) is 0.214. The Kier molecular flexibility index (Phi) is 7.28. The first-order valence-electron chi connectivity index (χ1n) is 11.3. The first-order chi connectivity index (χ1) is 16.6. The van der Waals surface area contributed by atoms with E-state index in [4.69, 9.17) is 14.5 Å². The van der Waals surface area contributed by atoms with E-state index in [9.17, 15) is 4.79 Å². The number of nitrogens with zero attached hydrogens (tertiary/aromatic N) is 2. The molecule has 3 aromatic carbocycles. The second-order valence-corrected chi connectivity index (χ2v) is 7.99. The van der Waals surface area contributed by atoms with Crippen molar-refractivity contribution in [1.29, 1.82) is 0 Å². The first-order valence-corrected chi connectivity index (χ1v) is 11.3. The highest BCUT2D eigenvalue weighted by Crippen LogP contribution is 2.28. The zero-order valence-corrected chi connectivity index (χ0v) is 19.6. The maximum Gasteiger partial charge on any atom is 0.251 e. The summed E-state index contributed by atoms with van der Waals surface area (Å²) in [5, 5.41) is 3.01. The van der Waals surface area contributed by atoms with Crippen LogP contribution >= 0.6 is 0 Å². The first kappa shape index (κ1) is 23.1. The number of carbonyl (C=O) groups excluding carboxylic acids is 1. The van der Waals surface area contributed by atoms with Gasteiger partial charge >= 0.3 is 0 Å². The van der Waals surface area contributed by atoms with Crippen LogP contribution < -0.4 is 14.8 Å². The topological polar surface area (TPSA) is 65.4 Å². The Bertz CT molecular complexity index is 1310. The van der Waals surface area contributed by atoms with Gasteiger partial charge in [-0.2, -0.15) is 0 Å². The average molecular weight is 456 g/mol. The molecule has 0 aliphatic rings. The molecule has 174 valence electrons. The van der Waals surface area contributed by atoms with Crippen LogP contribution in [0.15, 0.2) is 79.4 Å². The molecule has 4 aromatic rings. The summed E-state index contributed by atoms with van der Waals surface area (Å²) in [6.45, 7) is 7.04. The van der Waals surface area contributed by atoms with E-state index in [0.29, 0.717) is 36.8 Å². The predicted octanol–water partition coefficient (Wildman–Crippen LogP) is 5.09. The molecular formula is C28H29N3O3. The lowest BCUT2D eigenvalue weighted by Crippen LogP contribution is -2.26. The number of aromatic nitrogens is 2. The van der Waals surface area contributed by atoms with Gasteiger partial charge in [0.2, 0.25) is 0 Å². The van der Waals surface area contributed by atoms with Crippen LogP contribution in [0.2, 0.25) is 0 Å². The predicted molar refractivity (Wildman–Crippen MR) is 134 cm³/mol. The molecule has 0 spiro atoms. The van der Waals surface area contributed by atoms with Crippen LogP contribution in [0.3, 0.4) is 0 Å². The molecular weight excluding hydrogens is 426 g/mol. The average Bonchev–Trinajstić information content (AvgIpc) is 3.21. The van der Waals surface area contributed by atoms with Crippen molar-refractivity contribution in [2.45, 2.75) is 26.4 Å². The Hall–Kier alpha value is -4.06. The molecule has 6 heteroatoms. The van der Waals surface area contributed by atoms with E-state index in [2.05, 4.69) is 16.5 Å². The molecule has 0 atom stereocenters. The molecule has 1 heterocycles. The number of carbonyl (C=O) groups is 1. The van der Waals surface area contributed by atoms with Crippen LogP contribution in [-0.2, 0) is 19.5 Å². The quantitative estimate of drug-likeness (QED) is 0.338. The van der Waals surface area contributed by atoms with Gasteiger partial charge in [0, 0.05) is 5.56 Å². The lowest BCUT2D eigenvalue weighted by molar-refractivity contribution is 0.0949. The van der Waals surface area contributed by atoms with Gasteiger partial charge in [-0.1, -0.05) is 42.5 Å². The number of hydrogen-bond acceptors (Lipinski definition) is 4. The molecule has 6 nitrogen and oxygen atoms in total. The van der Waals surface area contributed by atoms with Crippen molar-refractivity contribution in [1.82, 2.24) is 14.9 Å². The molecule has 0 radical (unpaired) electrons. The van der Waals surface area contributed by atoms with E-state index in [1.165, 1.54) is 0 Å². The van der Waals surface area contributed by atoms with E-state index in [-0.39, 0.29) is 5.91 Å². The normalized spacial score (nSPS) is 10.8. The second kappa shape index (κ2) is 10.7. The van der Waals surface area contributed by atoms with Crippen molar-refractivity contribution in [3.8, 4) is 11.5 Å². The fourth-order valence-electron chi connectivity index (χ4n) is 3.96. The van der Waals surface area contributed by atoms with Crippen LogP contribution in [0.5, 0.6) is 11.5 Å². The van der Waals surface area contributed by atoms with Crippen molar-refractivity contribution in [2.75, 3.05) is 13.7 Å². The highest BCUT2D eigenvalue weighted by atomic mass is 16.5. The number of amides is 1. The highest BCUT2D eigenvalue weighted by molar-refractivity contribution is 5.95. The van der Waals surface area contributed by atoms with Crippen LogP contribution in [0, 0.1) is 6.92 Å². The number of rotatable bonds is 10. The largest absolute Gasteiger partial charge is 0.493 e. The van der Waals surface area contributed by atoms with E-state index in [1.54, 1.807) is 7.11 Å². The summed E-state index contributed by atoms with van der Waals surface area (Å²) in [6, 6.07) is 21.4. The maximum absolute atomic E-state index is 12.7. The van der Waals surface area contributed by atoms with Crippen LogP contribution in [0.25, 0.3) is 11.0 Å². The zero-order chi connectivity index (χ0) is 23.9. The lowest BCUT2D eigenvalue weighted by Gasteiger charge is -2.14. The van der Waals surface area contributed by atoms with Gasteiger partial charge in [0.15, 0.2) is 11.5 Å². The minimum absolute atomic E-state index is 0.114.